The second-order valence-electron chi connectivity index (χ2n) is 7.87. The maximum absolute atomic E-state index is 12.9. The van der Waals surface area contributed by atoms with Crippen molar-refractivity contribution in [3.63, 3.8) is 0 Å². The summed E-state index contributed by atoms with van der Waals surface area (Å²) in [5.74, 6) is -2.66. The number of carbonyl (C=O) groups is 4. The van der Waals surface area contributed by atoms with E-state index in [0.29, 0.717) is 25.1 Å². The zero-order valence-corrected chi connectivity index (χ0v) is 17.4. The number of aliphatic carboxylic acids is 1. The largest absolute Gasteiger partial charge is 0.480 e. The molecule has 166 valence electrons. The lowest BCUT2D eigenvalue weighted by Gasteiger charge is -2.29. The molecule has 4 atom stereocenters. The molecule has 4 unspecified atom stereocenters. The van der Waals surface area contributed by atoms with E-state index < -0.39 is 42.0 Å². The van der Waals surface area contributed by atoms with Gasteiger partial charge in [-0.05, 0) is 25.7 Å². The Hall–Kier alpha value is -2.95. The van der Waals surface area contributed by atoms with Crippen LogP contribution in [0, 0.1) is 5.92 Å². The highest BCUT2D eigenvalue weighted by Crippen LogP contribution is 2.20. The molecular formula is C19H30N6O5. The third-order valence-electron chi connectivity index (χ3n) is 5.18. The number of aromatic amines is 1. The highest BCUT2D eigenvalue weighted by Gasteiger charge is 2.38. The van der Waals surface area contributed by atoms with Crippen LogP contribution < -0.4 is 16.4 Å². The molecule has 0 saturated carbocycles. The van der Waals surface area contributed by atoms with E-state index in [0.717, 1.165) is 0 Å². The van der Waals surface area contributed by atoms with Crippen molar-refractivity contribution in [2.24, 2.45) is 11.7 Å². The van der Waals surface area contributed by atoms with Crippen molar-refractivity contribution in [1.82, 2.24) is 25.5 Å². The molecule has 0 aliphatic carbocycles. The molecule has 1 aliphatic heterocycles. The molecule has 0 bridgehead atoms. The molecule has 2 rings (SSSR count). The molecule has 11 nitrogen and oxygen atoms in total. The van der Waals surface area contributed by atoms with Gasteiger partial charge < -0.3 is 31.4 Å². The number of nitrogens with two attached hydrogens (primary N) is 1. The number of carbonyl (C=O) groups excluding carboxylic acids is 3. The lowest BCUT2D eigenvalue weighted by molar-refractivity contribution is -0.142. The van der Waals surface area contributed by atoms with Gasteiger partial charge in [0.05, 0.1) is 12.4 Å². The third-order valence-corrected chi connectivity index (χ3v) is 5.18. The van der Waals surface area contributed by atoms with E-state index in [1.807, 2.05) is 13.8 Å². The summed E-state index contributed by atoms with van der Waals surface area (Å²) in [6, 6.07) is -3.58. The summed E-state index contributed by atoms with van der Waals surface area (Å²) in [5.41, 5.74) is 6.57. The summed E-state index contributed by atoms with van der Waals surface area (Å²) < 4.78 is 0. The smallest absolute Gasteiger partial charge is 0.325 e. The second-order valence-corrected chi connectivity index (χ2v) is 7.87. The van der Waals surface area contributed by atoms with Crippen LogP contribution in [0.25, 0.3) is 0 Å². The van der Waals surface area contributed by atoms with E-state index >= 15 is 0 Å². The summed E-state index contributed by atoms with van der Waals surface area (Å²) in [6.45, 7) is 5.43. The zero-order chi connectivity index (χ0) is 22.4. The van der Waals surface area contributed by atoms with Crippen molar-refractivity contribution in [3.05, 3.63) is 18.2 Å². The first-order chi connectivity index (χ1) is 14.1. The Morgan fingerprint density at radius 1 is 1.30 bits per heavy atom. The van der Waals surface area contributed by atoms with Crippen LogP contribution in [0.2, 0.25) is 0 Å². The minimum absolute atomic E-state index is 0.0711. The second kappa shape index (κ2) is 10.2. The van der Waals surface area contributed by atoms with Crippen LogP contribution in [-0.2, 0) is 25.6 Å². The number of likely N-dealkylation sites (tertiary alicyclic amines) is 1. The fourth-order valence-corrected chi connectivity index (χ4v) is 3.25. The van der Waals surface area contributed by atoms with Gasteiger partial charge in [-0.1, -0.05) is 13.8 Å². The summed E-state index contributed by atoms with van der Waals surface area (Å²) in [7, 11) is 0. The number of nitrogens with zero attached hydrogens (tertiary/aromatic N) is 2. The summed E-state index contributed by atoms with van der Waals surface area (Å²) in [6.07, 6.45) is 4.17. The first-order valence-electron chi connectivity index (χ1n) is 9.98. The number of aromatic nitrogens is 2. The molecule has 0 spiro atoms. The van der Waals surface area contributed by atoms with E-state index in [2.05, 4.69) is 20.6 Å². The van der Waals surface area contributed by atoms with Gasteiger partial charge in [-0.15, -0.1) is 0 Å². The molecule has 1 aromatic heterocycles. The van der Waals surface area contributed by atoms with Gasteiger partial charge in [0.25, 0.3) is 0 Å². The number of H-pyrrole nitrogens is 1. The highest BCUT2D eigenvalue weighted by atomic mass is 16.4. The standard InChI is InChI=1S/C19H30N6O5/c1-10(2)15(20)18(28)25-6-4-5-14(25)17(27)24-13(7-12-8-21-9-22-12)16(26)23-11(3)19(29)30/h8-11,13-15H,4-7,20H2,1-3H3,(H,21,22)(H,23,26)(H,24,27)(H,29,30). The molecule has 2 heterocycles. The van der Waals surface area contributed by atoms with Gasteiger partial charge in [-0.2, -0.15) is 0 Å². The van der Waals surface area contributed by atoms with Crippen LogP contribution in [0.4, 0.5) is 0 Å². The quantitative estimate of drug-likeness (QED) is 0.340. The van der Waals surface area contributed by atoms with E-state index in [-0.39, 0.29) is 18.2 Å². The zero-order valence-electron chi connectivity index (χ0n) is 17.4. The first-order valence-corrected chi connectivity index (χ1v) is 9.98. The van der Waals surface area contributed by atoms with E-state index in [9.17, 15) is 19.2 Å². The number of nitrogens with one attached hydrogen (secondary N) is 3. The molecule has 11 heteroatoms. The number of carboxylic acids is 1. The van der Waals surface area contributed by atoms with E-state index in [1.165, 1.54) is 24.3 Å². The monoisotopic (exact) mass is 422 g/mol. The van der Waals surface area contributed by atoms with Gasteiger partial charge in [0.1, 0.15) is 18.1 Å². The lowest BCUT2D eigenvalue weighted by Crippen LogP contribution is -2.57. The summed E-state index contributed by atoms with van der Waals surface area (Å²) >= 11 is 0. The van der Waals surface area contributed by atoms with Crippen LogP contribution >= 0.6 is 0 Å². The molecule has 1 saturated heterocycles. The predicted octanol–water partition coefficient (Wildman–Crippen LogP) is -0.999. The molecule has 0 aromatic carbocycles. The number of hydrogen-bond acceptors (Lipinski definition) is 6. The van der Waals surface area contributed by atoms with Crippen LogP contribution in [0.1, 0.15) is 39.3 Å². The summed E-state index contributed by atoms with van der Waals surface area (Å²) in [5, 5.41) is 14.1. The van der Waals surface area contributed by atoms with Crippen molar-refractivity contribution >= 4 is 23.7 Å². The van der Waals surface area contributed by atoms with Crippen molar-refractivity contribution in [3.8, 4) is 0 Å². The number of hydrogen-bond donors (Lipinski definition) is 5. The Bertz CT molecular complexity index is 765. The fraction of sp³-hybridized carbons (Fsp3) is 0.632. The maximum atomic E-state index is 12.9. The number of carboxylic acid groups (broad SMARTS) is 1. The molecule has 3 amide bonds. The molecule has 30 heavy (non-hydrogen) atoms. The predicted molar refractivity (Wildman–Crippen MR) is 107 cm³/mol. The number of amides is 3. The molecule has 6 N–H and O–H groups in total. The molecule has 1 aliphatic rings. The minimum Gasteiger partial charge on any atom is -0.480 e. The Morgan fingerprint density at radius 3 is 2.57 bits per heavy atom. The Balaban J connectivity index is 2.13. The maximum Gasteiger partial charge on any atom is 0.325 e. The van der Waals surface area contributed by atoms with Gasteiger partial charge in [-0.25, -0.2) is 4.98 Å². The minimum atomic E-state index is -1.19. The molecule has 1 fully saturated rings. The van der Waals surface area contributed by atoms with Crippen LogP contribution in [0.5, 0.6) is 0 Å². The Kier molecular flexibility index (Phi) is 7.93. The molecule has 1 aromatic rings. The normalized spacial score (nSPS) is 19.2. The molecule has 0 radical (unpaired) electrons. The van der Waals surface area contributed by atoms with Gasteiger partial charge in [0.2, 0.25) is 17.7 Å². The van der Waals surface area contributed by atoms with Crippen molar-refractivity contribution in [1.29, 1.82) is 0 Å². The SMILES string of the molecule is CC(NC(=O)C(Cc1cnc[nH]1)NC(=O)C1CCCN1C(=O)C(N)C(C)C)C(=O)O. The average Bonchev–Trinajstić information content (AvgIpc) is 3.37. The third kappa shape index (κ3) is 5.78. The fourth-order valence-electron chi connectivity index (χ4n) is 3.25. The van der Waals surface area contributed by atoms with Crippen molar-refractivity contribution in [2.45, 2.75) is 64.2 Å². The van der Waals surface area contributed by atoms with Crippen molar-refractivity contribution < 1.29 is 24.3 Å². The van der Waals surface area contributed by atoms with Gasteiger partial charge >= 0.3 is 5.97 Å². The van der Waals surface area contributed by atoms with Gasteiger partial charge in [0.15, 0.2) is 0 Å². The molecular weight excluding hydrogens is 392 g/mol. The lowest BCUT2D eigenvalue weighted by atomic mass is 10.0. The van der Waals surface area contributed by atoms with Gasteiger partial charge in [-0.3, -0.25) is 19.2 Å². The number of rotatable bonds is 9. The van der Waals surface area contributed by atoms with Crippen LogP contribution in [-0.4, -0.2) is 74.4 Å². The van der Waals surface area contributed by atoms with E-state index in [1.54, 1.807) is 0 Å². The Labute approximate surface area is 174 Å². The van der Waals surface area contributed by atoms with Crippen LogP contribution in [0.15, 0.2) is 12.5 Å². The van der Waals surface area contributed by atoms with Crippen molar-refractivity contribution in [2.75, 3.05) is 6.54 Å². The number of imidazole rings is 1. The van der Waals surface area contributed by atoms with Gasteiger partial charge in [0, 0.05) is 24.9 Å². The van der Waals surface area contributed by atoms with E-state index in [4.69, 9.17) is 10.8 Å². The van der Waals surface area contributed by atoms with Crippen LogP contribution in [0.3, 0.4) is 0 Å². The average molecular weight is 422 g/mol. The Morgan fingerprint density at radius 2 is 2.00 bits per heavy atom. The highest BCUT2D eigenvalue weighted by molar-refractivity contribution is 5.94. The first kappa shape index (κ1) is 23.3. The summed E-state index contributed by atoms with van der Waals surface area (Å²) in [4.78, 5) is 57.5. The topological polar surface area (TPSA) is 171 Å².